The molecule has 1 N–H and O–H groups in total. The number of rotatable bonds is 2. The summed E-state index contributed by atoms with van der Waals surface area (Å²) in [6.07, 6.45) is 0. The van der Waals surface area contributed by atoms with Gasteiger partial charge in [-0.25, -0.2) is 4.79 Å². The molecule has 1 aromatic carbocycles. The Kier molecular flexibility index (Phi) is 3.13. The molecule has 1 aromatic rings. The first kappa shape index (κ1) is 12.9. The molecule has 2 rings (SSSR count). The van der Waals surface area contributed by atoms with Crippen LogP contribution < -0.4 is 9.80 Å². The average molecular weight is 259 g/mol. The van der Waals surface area contributed by atoms with Crippen molar-refractivity contribution < 1.29 is 14.7 Å². The number of carboxylic acids is 1. The molecule has 1 aliphatic heterocycles. The topological polar surface area (TPSA) is 84.6 Å². The standard InChI is InChI=1S/C13H13N3O3/c1-8(13(18)19)16-11-5-9(6-14)3-4-10(11)15(2)7-12(16)17/h3-5,8H,7H2,1-2H3,(H,18,19). The number of carbonyl (C=O) groups is 2. The first-order chi connectivity index (χ1) is 8.95. The summed E-state index contributed by atoms with van der Waals surface area (Å²) < 4.78 is 0. The SMILES string of the molecule is CC(C(=O)O)N1C(=O)CN(C)c2ccc(C#N)cc21. The van der Waals surface area contributed by atoms with Crippen molar-refractivity contribution in [3.63, 3.8) is 0 Å². The van der Waals surface area contributed by atoms with E-state index in [9.17, 15) is 9.59 Å². The minimum Gasteiger partial charge on any atom is -0.480 e. The highest BCUT2D eigenvalue weighted by Crippen LogP contribution is 2.34. The monoisotopic (exact) mass is 259 g/mol. The highest BCUT2D eigenvalue weighted by molar-refractivity contribution is 6.06. The Morgan fingerprint density at radius 2 is 2.16 bits per heavy atom. The Morgan fingerprint density at radius 1 is 1.47 bits per heavy atom. The Morgan fingerprint density at radius 3 is 2.74 bits per heavy atom. The quantitative estimate of drug-likeness (QED) is 0.849. The third-order valence-corrected chi connectivity index (χ3v) is 3.16. The zero-order valence-electron chi connectivity index (χ0n) is 10.6. The smallest absolute Gasteiger partial charge is 0.326 e. The molecule has 1 aliphatic rings. The van der Waals surface area contributed by atoms with Crippen molar-refractivity contribution in [2.24, 2.45) is 0 Å². The third kappa shape index (κ3) is 2.10. The number of nitriles is 1. The van der Waals surface area contributed by atoms with E-state index in [1.165, 1.54) is 11.8 Å². The molecule has 98 valence electrons. The van der Waals surface area contributed by atoms with Gasteiger partial charge in [-0.1, -0.05) is 0 Å². The third-order valence-electron chi connectivity index (χ3n) is 3.16. The van der Waals surface area contributed by atoms with Crippen LogP contribution in [0, 0.1) is 11.3 Å². The predicted octanol–water partition coefficient (Wildman–Crippen LogP) is 0.814. The number of fused-ring (bicyclic) bond motifs is 1. The molecular formula is C13H13N3O3. The number of benzene rings is 1. The number of anilines is 2. The maximum Gasteiger partial charge on any atom is 0.326 e. The lowest BCUT2D eigenvalue weighted by Gasteiger charge is -2.37. The maximum absolute atomic E-state index is 12.1. The van der Waals surface area contributed by atoms with Crippen LogP contribution in [0.25, 0.3) is 0 Å². The number of hydrogen-bond donors (Lipinski definition) is 1. The lowest BCUT2D eigenvalue weighted by atomic mass is 10.1. The fraction of sp³-hybridized carbons (Fsp3) is 0.308. The van der Waals surface area contributed by atoms with Gasteiger partial charge in [0.15, 0.2) is 0 Å². The van der Waals surface area contributed by atoms with Crippen LogP contribution in [0.4, 0.5) is 11.4 Å². The van der Waals surface area contributed by atoms with Gasteiger partial charge in [0.2, 0.25) is 5.91 Å². The van der Waals surface area contributed by atoms with E-state index in [2.05, 4.69) is 0 Å². The van der Waals surface area contributed by atoms with E-state index < -0.39 is 12.0 Å². The molecule has 0 spiro atoms. The van der Waals surface area contributed by atoms with Crippen LogP contribution in [0.2, 0.25) is 0 Å². The minimum absolute atomic E-state index is 0.122. The summed E-state index contributed by atoms with van der Waals surface area (Å²) in [6, 6.07) is 5.94. The van der Waals surface area contributed by atoms with Crippen LogP contribution >= 0.6 is 0 Å². The molecule has 1 unspecified atom stereocenters. The second-order valence-corrected chi connectivity index (χ2v) is 4.45. The van der Waals surface area contributed by atoms with E-state index in [0.29, 0.717) is 11.3 Å². The zero-order chi connectivity index (χ0) is 14.2. The molecule has 1 atom stereocenters. The van der Waals surface area contributed by atoms with Crippen molar-refractivity contribution >= 4 is 23.3 Å². The van der Waals surface area contributed by atoms with Crippen LogP contribution in [0.15, 0.2) is 18.2 Å². The van der Waals surface area contributed by atoms with E-state index >= 15 is 0 Å². The van der Waals surface area contributed by atoms with E-state index in [0.717, 1.165) is 5.69 Å². The number of amides is 1. The van der Waals surface area contributed by atoms with Gasteiger partial charge in [-0.3, -0.25) is 9.69 Å². The molecule has 0 bridgehead atoms. The van der Waals surface area contributed by atoms with Crippen LogP contribution in [0.5, 0.6) is 0 Å². The lowest BCUT2D eigenvalue weighted by molar-refractivity contribution is -0.139. The van der Waals surface area contributed by atoms with Crippen molar-refractivity contribution in [2.75, 3.05) is 23.4 Å². The molecule has 0 radical (unpaired) electrons. The Balaban J connectivity index is 2.58. The van der Waals surface area contributed by atoms with Gasteiger partial charge in [-0.2, -0.15) is 5.26 Å². The Labute approximate surface area is 110 Å². The summed E-state index contributed by atoms with van der Waals surface area (Å²) in [5.41, 5.74) is 1.60. The summed E-state index contributed by atoms with van der Waals surface area (Å²) in [6.45, 7) is 1.57. The summed E-state index contributed by atoms with van der Waals surface area (Å²) >= 11 is 0. The van der Waals surface area contributed by atoms with Crippen molar-refractivity contribution in [1.82, 2.24) is 0 Å². The van der Waals surface area contributed by atoms with Crippen LogP contribution in [-0.2, 0) is 9.59 Å². The first-order valence-corrected chi connectivity index (χ1v) is 5.76. The molecule has 0 aliphatic carbocycles. The van der Waals surface area contributed by atoms with Crippen LogP contribution in [-0.4, -0.2) is 36.6 Å². The summed E-state index contributed by atoms with van der Waals surface area (Å²) in [5.74, 6) is -1.37. The predicted molar refractivity (Wildman–Crippen MR) is 69.0 cm³/mol. The number of hydrogen-bond acceptors (Lipinski definition) is 4. The summed E-state index contributed by atoms with van der Waals surface area (Å²) in [4.78, 5) is 26.1. The number of nitrogens with zero attached hydrogens (tertiary/aromatic N) is 3. The largest absolute Gasteiger partial charge is 0.480 e. The molecule has 6 nitrogen and oxygen atoms in total. The number of likely N-dealkylation sites (N-methyl/N-ethyl adjacent to an activating group) is 1. The molecule has 0 aromatic heterocycles. The maximum atomic E-state index is 12.1. The van der Waals surface area contributed by atoms with Gasteiger partial charge in [-0.15, -0.1) is 0 Å². The average Bonchev–Trinajstić information content (AvgIpc) is 2.37. The van der Waals surface area contributed by atoms with Gasteiger partial charge in [0.05, 0.1) is 29.6 Å². The molecule has 6 heteroatoms. The fourth-order valence-electron chi connectivity index (χ4n) is 2.14. The van der Waals surface area contributed by atoms with E-state index in [4.69, 9.17) is 10.4 Å². The fourth-order valence-corrected chi connectivity index (χ4v) is 2.14. The van der Waals surface area contributed by atoms with Crippen molar-refractivity contribution in [2.45, 2.75) is 13.0 Å². The van der Waals surface area contributed by atoms with Crippen LogP contribution in [0.1, 0.15) is 12.5 Å². The second kappa shape index (κ2) is 4.61. The minimum atomic E-state index is -1.08. The summed E-state index contributed by atoms with van der Waals surface area (Å²) in [5, 5.41) is 18.0. The molecule has 1 heterocycles. The first-order valence-electron chi connectivity index (χ1n) is 5.76. The van der Waals surface area contributed by atoms with Gasteiger partial charge in [0, 0.05) is 7.05 Å². The number of carbonyl (C=O) groups excluding carboxylic acids is 1. The van der Waals surface area contributed by atoms with Gasteiger partial charge in [-0.05, 0) is 25.1 Å². The molecular weight excluding hydrogens is 246 g/mol. The van der Waals surface area contributed by atoms with E-state index in [-0.39, 0.29) is 12.5 Å². The molecule has 19 heavy (non-hydrogen) atoms. The van der Waals surface area contributed by atoms with Crippen LogP contribution in [0.3, 0.4) is 0 Å². The van der Waals surface area contributed by atoms with E-state index in [1.54, 1.807) is 30.1 Å². The molecule has 1 amide bonds. The highest BCUT2D eigenvalue weighted by atomic mass is 16.4. The van der Waals surface area contributed by atoms with E-state index in [1.807, 2.05) is 6.07 Å². The van der Waals surface area contributed by atoms with Gasteiger partial charge in [0.25, 0.3) is 0 Å². The summed E-state index contributed by atoms with van der Waals surface area (Å²) in [7, 11) is 1.76. The van der Waals surface area contributed by atoms with Crippen molar-refractivity contribution in [1.29, 1.82) is 5.26 Å². The second-order valence-electron chi connectivity index (χ2n) is 4.45. The molecule has 0 fully saturated rings. The molecule has 0 saturated carbocycles. The Bertz CT molecular complexity index is 591. The number of aliphatic carboxylic acids is 1. The van der Waals surface area contributed by atoms with Gasteiger partial charge < -0.3 is 10.0 Å². The zero-order valence-corrected chi connectivity index (χ0v) is 10.6. The Hall–Kier alpha value is -2.55. The van der Waals surface area contributed by atoms with Crippen molar-refractivity contribution in [3.8, 4) is 6.07 Å². The van der Waals surface area contributed by atoms with Gasteiger partial charge >= 0.3 is 5.97 Å². The number of carboxylic acid groups (broad SMARTS) is 1. The normalized spacial score (nSPS) is 15.7. The lowest BCUT2D eigenvalue weighted by Crippen LogP contribution is -2.51. The van der Waals surface area contributed by atoms with Gasteiger partial charge in [0.1, 0.15) is 6.04 Å². The highest BCUT2D eigenvalue weighted by Gasteiger charge is 2.34. The van der Waals surface area contributed by atoms with Crippen molar-refractivity contribution in [3.05, 3.63) is 23.8 Å². The molecule has 0 saturated heterocycles.